The second-order valence-corrected chi connectivity index (χ2v) is 12.5. The van der Waals surface area contributed by atoms with Crippen LogP contribution < -0.4 is 11.1 Å². The Hall–Kier alpha value is -4.24. The summed E-state index contributed by atoms with van der Waals surface area (Å²) in [6.45, 7) is 1.26. The van der Waals surface area contributed by atoms with Gasteiger partial charge < -0.3 is 25.7 Å². The van der Waals surface area contributed by atoms with Gasteiger partial charge in [-0.25, -0.2) is 9.78 Å². The predicted molar refractivity (Wildman–Crippen MR) is 158 cm³/mol. The molecule has 5 rings (SSSR count). The fourth-order valence-corrected chi connectivity index (χ4v) is 7.03. The number of β-lactam (4-membered cyclic amide) rings is 1. The molecule has 0 bridgehead atoms. The van der Waals surface area contributed by atoms with Gasteiger partial charge in [0.2, 0.25) is 6.79 Å². The molecule has 0 radical (unpaired) electrons. The van der Waals surface area contributed by atoms with E-state index in [4.69, 9.17) is 15.2 Å². The highest BCUT2D eigenvalue weighted by atomic mass is 32.2. The van der Waals surface area contributed by atoms with E-state index in [1.807, 2.05) is 13.0 Å². The number of pyridine rings is 1. The summed E-state index contributed by atoms with van der Waals surface area (Å²) in [5.74, 6) is -2.35. The Labute approximate surface area is 255 Å². The van der Waals surface area contributed by atoms with Crippen LogP contribution in [-0.4, -0.2) is 73.5 Å². The molecule has 226 valence electrons. The number of thioether (sulfide) groups is 1. The molecule has 15 heteroatoms. The molecule has 1 saturated heterocycles. The maximum Gasteiger partial charge on any atom is 0.358 e. The Morgan fingerprint density at radius 1 is 1.26 bits per heavy atom. The number of fused-ring (bicyclic) bond motifs is 1. The van der Waals surface area contributed by atoms with Crippen LogP contribution in [0.3, 0.4) is 0 Å². The van der Waals surface area contributed by atoms with Crippen molar-refractivity contribution in [2.45, 2.75) is 50.4 Å². The third-order valence-corrected chi connectivity index (χ3v) is 9.52. The minimum Gasteiger partial charge on any atom is -0.427 e. The Bertz CT molecular complexity index is 1500. The first-order valence-electron chi connectivity index (χ1n) is 13.6. The zero-order chi connectivity index (χ0) is 30.6. The van der Waals surface area contributed by atoms with Crippen molar-refractivity contribution in [2.24, 2.45) is 10.6 Å². The summed E-state index contributed by atoms with van der Waals surface area (Å²) in [7, 11) is 0. The summed E-state index contributed by atoms with van der Waals surface area (Å²) >= 11 is 2.40. The second-order valence-electron chi connectivity index (χ2n) is 10.5. The van der Waals surface area contributed by atoms with Gasteiger partial charge >= 0.3 is 11.9 Å². The van der Waals surface area contributed by atoms with Gasteiger partial charge in [-0.15, -0.1) is 23.1 Å². The van der Waals surface area contributed by atoms with Crippen molar-refractivity contribution in [1.29, 1.82) is 0 Å². The minimum atomic E-state index is -1.01. The molecular formula is C28H30N6O7S2. The van der Waals surface area contributed by atoms with Crippen molar-refractivity contribution in [2.75, 3.05) is 18.3 Å². The van der Waals surface area contributed by atoms with E-state index in [-0.39, 0.29) is 16.5 Å². The number of thiazole rings is 1. The highest BCUT2D eigenvalue weighted by molar-refractivity contribution is 8.00. The number of hydrogen-bond acceptors (Lipinski definition) is 13. The lowest BCUT2D eigenvalue weighted by molar-refractivity contribution is -0.176. The number of esters is 2. The molecule has 0 spiro atoms. The summed E-state index contributed by atoms with van der Waals surface area (Å²) in [6.07, 6.45) is 11.1. The molecule has 2 aromatic rings. The van der Waals surface area contributed by atoms with Crippen molar-refractivity contribution in [3.05, 3.63) is 58.5 Å². The molecule has 2 atom stereocenters. The lowest BCUT2D eigenvalue weighted by atomic mass is 9.76. The van der Waals surface area contributed by atoms with Crippen LogP contribution in [0.5, 0.6) is 0 Å². The number of anilines is 1. The summed E-state index contributed by atoms with van der Waals surface area (Å²) < 4.78 is 10.7. The molecule has 2 amide bonds. The van der Waals surface area contributed by atoms with E-state index in [1.54, 1.807) is 30.6 Å². The molecule has 2 aromatic heterocycles. The maximum atomic E-state index is 13.4. The number of rotatable bonds is 9. The van der Waals surface area contributed by atoms with E-state index < -0.39 is 53.1 Å². The van der Waals surface area contributed by atoms with Gasteiger partial charge in [0.25, 0.3) is 11.8 Å². The van der Waals surface area contributed by atoms with E-state index in [1.165, 1.54) is 22.0 Å². The third kappa shape index (κ3) is 6.41. The van der Waals surface area contributed by atoms with Crippen LogP contribution in [0.1, 0.15) is 50.3 Å². The molecule has 2 aliphatic heterocycles. The van der Waals surface area contributed by atoms with Crippen molar-refractivity contribution < 1.29 is 33.9 Å². The van der Waals surface area contributed by atoms with Crippen molar-refractivity contribution in [3.63, 3.8) is 0 Å². The second kappa shape index (κ2) is 13.0. The average molecular weight is 627 g/mol. The number of nitrogens with two attached hydrogens (primary N) is 1. The highest BCUT2D eigenvalue weighted by Gasteiger charge is 2.54. The molecule has 0 unspecified atom stereocenters. The molecule has 13 nitrogen and oxygen atoms in total. The minimum absolute atomic E-state index is 0.0114. The first-order valence-corrected chi connectivity index (χ1v) is 15.5. The number of allylic oxidation sites excluding steroid dienone is 1. The van der Waals surface area contributed by atoms with Crippen LogP contribution in [0.2, 0.25) is 0 Å². The summed E-state index contributed by atoms with van der Waals surface area (Å²) in [6, 6.07) is 2.59. The topological polar surface area (TPSA) is 186 Å². The van der Waals surface area contributed by atoms with Gasteiger partial charge in [0.15, 0.2) is 10.8 Å². The number of hydrogen-bond donors (Lipinski definition) is 3. The number of carbonyl (C=O) groups excluding carboxylic acids is 4. The monoisotopic (exact) mass is 626 g/mol. The largest absolute Gasteiger partial charge is 0.427 e. The molecule has 3 aliphatic rings. The number of oxime groups is 1. The van der Waals surface area contributed by atoms with Gasteiger partial charge in [-0.2, -0.15) is 0 Å². The standard InChI is InChI=1S/C28H30N6O7S2/c1-28(9-3-2-4-10-28)26(38)41-15-40-25(37)21-17(8-7-16-6-5-11-30-12-16)13-42-24-20(23(36)34(21)24)32-22(35)19(33-39)18-14-43-27(29)31-18/h5-8,11-12,14,20,24,39H,2-4,9-10,13,15H2,1H3,(H2,29,31)(H,32,35)/b8-7-,33-19?/t20-,24+/m1/s1. The van der Waals surface area contributed by atoms with Crippen molar-refractivity contribution >= 4 is 63.8 Å². The van der Waals surface area contributed by atoms with Crippen LogP contribution in [0.15, 0.2) is 52.4 Å². The van der Waals surface area contributed by atoms with Crippen molar-refractivity contribution in [3.8, 4) is 0 Å². The third-order valence-electron chi connectivity index (χ3n) is 7.55. The first kappa shape index (κ1) is 30.2. The Balaban J connectivity index is 1.32. The van der Waals surface area contributed by atoms with Crippen LogP contribution in [0.25, 0.3) is 6.08 Å². The Morgan fingerprint density at radius 2 is 2.05 bits per heavy atom. The zero-order valence-corrected chi connectivity index (χ0v) is 24.9. The molecule has 43 heavy (non-hydrogen) atoms. The number of nitrogens with one attached hydrogen (secondary N) is 1. The maximum absolute atomic E-state index is 13.4. The fourth-order valence-electron chi connectivity index (χ4n) is 5.17. The highest BCUT2D eigenvalue weighted by Crippen LogP contribution is 2.41. The number of ether oxygens (including phenoxy) is 2. The van der Waals surface area contributed by atoms with Gasteiger partial charge in [-0.1, -0.05) is 42.6 Å². The Morgan fingerprint density at radius 3 is 2.72 bits per heavy atom. The number of aromatic nitrogens is 2. The Kier molecular flexibility index (Phi) is 9.11. The quantitative estimate of drug-likeness (QED) is 0.0928. The SMILES string of the molecule is CC1(C(=O)OCOC(=O)C2=C(/C=C\c3cccnc3)CS[C@H]3[C@H](NC(=O)C(=NO)c4csc(N)n4)C(=O)N23)CCCCC1. The summed E-state index contributed by atoms with van der Waals surface area (Å²) in [5, 5.41) is 16.0. The molecule has 1 saturated carbocycles. The summed E-state index contributed by atoms with van der Waals surface area (Å²) in [4.78, 5) is 61.6. The smallest absolute Gasteiger partial charge is 0.358 e. The number of nitrogen functional groups attached to an aromatic ring is 1. The lowest BCUT2D eigenvalue weighted by Crippen LogP contribution is -2.71. The van der Waals surface area contributed by atoms with Crippen LogP contribution >= 0.6 is 23.1 Å². The number of carbonyl (C=O) groups is 4. The van der Waals surface area contributed by atoms with Gasteiger partial charge in [-0.05, 0) is 37.0 Å². The van der Waals surface area contributed by atoms with Crippen molar-refractivity contribution in [1.82, 2.24) is 20.2 Å². The molecule has 4 heterocycles. The van der Waals surface area contributed by atoms with E-state index in [9.17, 15) is 24.4 Å². The molecule has 1 aliphatic carbocycles. The van der Waals surface area contributed by atoms with E-state index >= 15 is 0 Å². The zero-order valence-electron chi connectivity index (χ0n) is 23.2. The molecular weight excluding hydrogens is 596 g/mol. The molecule has 4 N–H and O–H groups in total. The summed E-state index contributed by atoms with van der Waals surface area (Å²) in [5.41, 5.74) is 5.95. The first-order chi connectivity index (χ1) is 20.7. The van der Waals surface area contributed by atoms with Crippen LogP contribution in [-0.2, 0) is 28.7 Å². The van der Waals surface area contributed by atoms with Gasteiger partial charge in [0.05, 0.1) is 5.41 Å². The van der Waals surface area contributed by atoms with Gasteiger partial charge in [0, 0.05) is 23.5 Å². The number of nitrogens with zero attached hydrogens (tertiary/aromatic N) is 4. The lowest BCUT2D eigenvalue weighted by Gasteiger charge is -2.49. The van der Waals surface area contributed by atoms with E-state index in [2.05, 4.69) is 20.4 Å². The molecule has 0 aromatic carbocycles. The molecule has 2 fully saturated rings. The van der Waals surface area contributed by atoms with E-state index in [0.717, 1.165) is 36.2 Å². The van der Waals surface area contributed by atoms with Crippen LogP contribution in [0.4, 0.5) is 5.13 Å². The van der Waals surface area contributed by atoms with Crippen LogP contribution in [0, 0.1) is 5.41 Å². The number of amides is 2. The normalized spacial score (nSPS) is 21.7. The van der Waals surface area contributed by atoms with Gasteiger partial charge in [-0.3, -0.25) is 24.3 Å². The fraction of sp³-hybridized carbons (Fsp3) is 0.393. The predicted octanol–water partition coefficient (Wildman–Crippen LogP) is 2.68. The van der Waals surface area contributed by atoms with E-state index in [0.29, 0.717) is 24.2 Å². The average Bonchev–Trinajstić information content (AvgIpc) is 3.44. The van der Waals surface area contributed by atoms with Gasteiger partial charge in [0.1, 0.15) is 22.8 Å².